The Bertz CT molecular complexity index is 1140. The lowest BCUT2D eigenvalue weighted by Gasteiger charge is -2.05. The molecule has 0 unspecified atom stereocenters. The molecule has 0 bridgehead atoms. The van der Waals surface area contributed by atoms with Crippen LogP contribution in [0.15, 0.2) is 84.0 Å². The molecule has 4 aromatic rings. The van der Waals surface area contributed by atoms with Crippen LogP contribution >= 0.6 is 0 Å². The number of hydrogen-bond donors (Lipinski definition) is 2. The van der Waals surface area contributed by atoms with Crippen LogP contribution in [0.4, 0.5) is 0 Å². The van der Waals surface area contributed by atoms with Gasteiger partial charge in [0.05, 0.1) is 11.9 Å². The van der Waals surface area contributed by atoms with Gasteiger partial charge in [0.15, 0.2) is 5.82 Å². The van der Waals surface area contributed by atoms with Gasteiger partial charge in [0.25, 0.3) is 0 Å². The smallest absolute Gasteiger partial charge is 0.311 e. The van der Waals surface area contributed by atoms with Crippen LogP contribution in [0, 0.1) is 6.92 Å². The van der Waals surface area contributed by atoms with Gasteiger partial charge in [-0.3, -0.25) is 4.79 Å². The summed E-state index contributed by atoms with van der Waals surface area (Å²) in [4.78, 5) is 17.0. The topological polar surface area (TPSA) is 92.4 Å². The van der Waals surface area contributed by atoms with E-state index >= 15 is 0 Å². The van der Waals surface area contributed by atoms with E-state index in [2.05, 4.69) is 20.6 Å². The number of para-hydroxylation sites is 1. The van der Waals surface area contributed by atoms with Gasteiger partial charge < -0.3 is 5.11 Å². The Balaban J connectivity index is 1.62. The maximum atomic E-state index is 12.6. The number of aromatic hydroxyl groups is 1. The standard InChI is InChI=1S/C23H19N5O2/c1-16-12-13-20(29)18(14-16)15-24-26-23(30)21-25-22(17-8-4-2-5-9-17)28(27-21)19-10-6-3-7-11-19/h2-15,29H,1H3,(H,26,30). The number of aromatic nitrogens is 3. The molecule has 0 saturated heterocycles. The summed E-state index contributed by atoms with van der Waals surface area (Å²) < 4.78 is 1.63. The fourth-order valence-corrected chi connectivity index (χ4v) is 2.92. The number of rotatable bonds is 5. The molecular formula is C23H19N5O2. The second-order valence-electron chi connectivity index (χ2n) is 6.63. The summed E-state index contributed by atoms with van der Waals surface area (Å²) in [5.74, 6) is 0.0669. The fourth-order valence-electron chi connectivity index (χ4n) is 2.92. The van der Waals surface area contributed by atoms with Crippen LogP contribution in [-0.4, -0.2) is 32.0 Å². The lowest BCUT2D eigenvalue weighted by Crippen LogP contribution is -2.19. The molecule has 7 heteroatoms. The van der Waals surface area contributed by atoms with Crippen molar-refractivity contribution < 1.29 is 9.90 Å². The van der Waals surface area contributed by atoms with Gasteiger partial charge in [-0.05, 0) is 31.2 Å². The number of aryl methyl sites for hydroxylation is 1. The summed E-state index contributed by atoms with van der Waals surface area (Å²) in [5, 5.41) is 18.2. The SMILES string of the molecule is Cc1ccc(O)c(C=NNC(=O)c2nc(-c3ccccc3)n(-c3ccccc3)n2)c1. The molecule has 0 spiro atoms. The lowest BCUT2D eigenvalue weighted by molar-refractivity contribution is 0.0945. The quantitative estimate of drug-likeness (QED) is 0.397. The van der Waals surface area contributed by atoms with E-state index in [9.17, 15) is 9.90 Å². The van der Waals surface area contributed by atoms with Gasteiger partial charge in [-0.1, -0.05) is 60.2 Å². The predicted molar refractivity (Wildman–Crippen MR) is 115 cm³/mol. The largest absolute Gasteiger partial charge is 0.507 e. The number of amides is 1. The minimum atomic E-state index is -0.551. The first kappa shape index (κ1) is 19.1. The molecule has 148 valence electrons. The summed E-state index contributed by atoms with van der Waals surface area (Å²) in [6.07, 6.45) is 1.38. The van der Waals surface area contributed by atoms with E-state index in [4.69, 9.17) is 0 Å². The third-order valence-electron chi connectivity index (χ3n) is 4.40. The molecular weight excluding hydrogens is 378 g/mol. The number of carbonyl (C=O) groups excluding carboxylic acids is 1. The van der Waals surface area contributed by atoms with Crippen molar-refractivity contribution >= 4 is 12.1 Å². The van der Waals surface area contributed by atoms with Crippen molar-refractivity contribution in [3.8, 4) is 22.8 Å². The highest BCUT2D eigenvalue weighted by atomic mass is 16.3. The van der Waals surface area contributed by atoms with Gasteiger partial charge in [0.2, 0.25) is 5.82 Å². The normalized spacial score (nSPS) is 11.0. The first-order valence-corrected chi connectivity index (χ1v) is 9.33. The molecule has 1 aromatic heterocycles. The summed E-state index contributed by atoms with van der Waals surface area (Å²) in [7, 11) is 0. The molecule has 0 saturated carbocycles. The molecule has 4 rings (SSSR count). The van der Waals surface area contributed by atoms with Crippen LogP contribution in [-0.2, 0) is 0 Å². The molecule has 0 atom stereocenters. The Labute approximate surface area is 173 Å². The van der Waals surface area contributed by atoms with Gasteiger partial charge in [0, 0.05) is 11.1 Å². The van der Waals surface area contributed by atoms with E-state index in [1.807, 2.05) is 67.6 Å². The molecule has 0 fully saturated rings. The number of nitrogens with one attached hydrogen (secondary N) is 1. The molecule has 0 aliphatic heterocycles. The Morgan fingerprint density at radius 2 is 1.73 bits per heavy atom. The Morgan fingerprint density at radius 1 is 1.03 bits per heavy atom. The third kappa shape index (κ3) is 4.10. The van der Waals surface area contributed by atoms with Crippen molar-refractivity contribution in [2.75, 3.05) is 0 Å². The maximum absolute atomic E-state index is 12.6. The molecule has 1 heterocycles. The first-order chi connectivity index (χ1) is 14.6. The fraction of sp³-hybridized carbons (Fsp3) is 0.0435. The van der Waals surface area contributed by atoms with E-state index in [1.54, 1.807) is 22.9 Å². The van der Waals surface area contributed by atoms with Crippen molar-refractivity contribution in [2.45, 2.75) is 6.92 Å². The van der Waals surface area contributed by atoms with Gasteiger partial charge in [-0.15, -0.1) is 5.10 Å². The minimum Gasteiger partial charge on any atom is -0.507 e. The molecule has 30 heavy (non-hydrogen) atoms. The number of nitrogens with zero attached hydrogens (tertiary/aromatic N) is 4. The monoisotopic (exact) mass is 397 g/mol. The number of benzene rings is 3. The number of hydrogen-bond acceptors (Lipinski definition) is 5. The lowest BCUT2D eigenvalue weighted by atomic mass is 10.1. The van der Waals surface area contributed by atoms with Gasteiger partial charge in [-0.25, -0.2) is 15.1 Å². The highest BCUT2D eigenvalue weighted by Crippen LogP contribution is 2.21. The Hall–Kier alpha value is -4.26. The molecule has 7 nitrogen and oxygen atoms in total. The van der Waals surface area contributed by atoms with E-state index in [1.165, 1.54) is 6.21 Å². The van der Waals surface area contributed by atoms with Crippen LogP contribution < -0.4 is 5.43 Å². The first-order valence-electron chi connectivity index (χ1n) is 9.33. The van der Waals surface area contributed by atoms with Crippen molar-refractivity contribution in [3.05, 3.63) is 95.8 Å². The number of carbonyl (C=O) groups is 1. The number of phenolic OH excluding ortho intramolecular Hbond substituents is 1. The highest BCUT2D eigenvalue weighted by molar-refractivity contribution is 5.92. The molecule has 3 aromatic carbocycles. The zero-order valence-corrected chi connectivity index (χ0v) is 16.2. The van der Waals surface area contributed by atoms with Gasteiger partial charge in [-0.2, -0.15) is 5.10 Å². The average molecular weight is 397 g/mol. The molecule has 0 radical (unpaired) electrons. The average Bonchev–Trinajstić information content (AvgIpc) is 3.23. The van der Waals surface area contributed by atoms with Gasteiger partial charge in [0.1, 0.15) is 5.75 Å². The van der Waals surface area contributed by atoms with Crippen molar-refractivity contribution in [1.82, 2.24) is 20.2 Å². The van der Waals surface area contributed by atoms with Crippen LogP contribution in [0.3, 0.4) is 0 Å². The number of hydrazone groups is 1. The van der Waals surface area contributed by atoms with Crippen LogP contribution in [0.25, 0.3) is 17.1 Å². The maximum Gasteiger partial charge on any atom is 0.311 e. The molecule has 2 N–H and O–H groups in total. The predicted octanol–water partition coefficient (Wildman–Crippen LogP) is 3.71. The Morgan fingerprint density at radius 3 is 2.47 bits per heavy atom. The van der Waals surface area contributed by atoms with Crippen LogP contribution in [0.1, 0.15) is 21.7 Å². The van der Waals surface area contributed by atoms with Crippen molar-refractivity contribution in [3.63, 3.8) is 0 Å². The number of phenols is 1. The molecule has 1 amide bonds. The second kappa shape index (κ2) is 8.40. The van der Waals surface area contributed by atoms with Crippen LogP contribution in [0.5, 0.6) is 5.75 Å². The van der Waals surface area contributed by atoms with E-state index in [0.29, 0.717) is 11.4 Å². The zero-order chi connectivity index (χ0) is 20.9. The van der Waals surface area contributed by atoms with Gasteiger partial charge >= 0.3 is 5.91 Å². The Kier molecular flexibility index (Phi) is 5.34. The van der Waals surface area contributed by atoms with Crippen LogP contribution in [0.2, 0.25) is 0 Å². The summed E-state index contributed by atoms with van der Waals surface area (Å²) in [5.41, 5.74) is 5.51. The van der Waals surface area contributed by atoms with Crippen molar-refractivity contribution in [1.29, 1.82) is 0 Å². The summed E-state index contributed by atoms with van der Waals surface area (Å²) in [6, 6.07) is 24.1. The van der Waals surface area contributed by atoms with E-state index in [-0.39, 0.29) is 11.6 Å². The van der Waals surface area contributed by atoms with Crippen molar-refractivity contribution in [2.24, 2.45) is 5.10 Å². The van der Waals surface area contributed by atoms with E-state index < -0.39 is 5.91 Å². The second-order valence-corrected chi connectivity index (χ2v) is 6.63. The summed E-state index contributed by atoms with van der Waals surface area (Å²) in [6.45, 7) is 1.90. The summed E-state index contributed by atoms with van der Waals surface area (Å²) >= 11 is 0. The minimum absolute atomic E-state index is 0.0108. The van der Waals surface area contributed by atoms with E-state index in [0.717, 1.165) is 16.8 Å². The highest BCUT2D eigenvalue weighted by Gasteiger charge is 2.18. The molecule has 0 aliphatic rings. The third-order valence-corrected chi connectivity index (χ3v) is 4.40. The zero-order valence-electron chi connectivity index (χ0n) is 16.2. The molecule has 0 aliphatic carbocycles.